The number of benzene rings is 1. The maximum atomic E-state index is 11.4. The summed E-state index contributed by atoms with van der Waals surface area (Å²) in [6.45, 7) is 0.918. The molecule has 0 aliphatic carbocycles. The van der Waals surface area contributed by atoms with E-state index < -0.39 is 5.54 Å². The first-order valence-corrected chi connectivity index (χ1v) is 6.56. The number of rotatable bonds is 1. The molecule has 0 unspecified atom stereocenters. The third kappa shape index (κ3) is 1.37. The van der Waals surface area contributed by atoms with Crippen molar-refractivity contribution in [3.8, 4) is 11.3 Å². The van der Waals surface area contributed by atoms with Crippen molar-refractivity contribution >= 4 is 11.4 Å². The summed E-state index contributed by atoms with van der Waals surface area (Å²) in [5.74, 6) is 0. The van der Waals surface area contributed by atoms with Crippen LogP contribution in [-0.4, -0.2) is 40.2 Å². The molecule has 0 atom stereocenters. The van der Waals surface area contributed by atoms with Gasteiger partial charge in [-0.3, -0.25) is 10.1 Å². The highest BCUT2D eigenvalue weighted by molar-refractivity contribution is 5.88. The van der Waals surface area contributed by atoms with Crippen molar-refractivity contribution in [2.24, 2.45) is 7.05 Å². The molecule has 1 aromatic heterocycles. The van der Waals surface area contributed by atoms with E-state index in [1.54, 1.807) is 13.1 Å². The molecule has 1 spiro atoms. The lowest BCUT2D eigenvalue weighted by Crippen LogP contribution is -2.60. The Morgan fingerprint density at radius 2 is 2.10 bits per heavy atom. The van der Waals surface area contributed by atoms with Crippen LogP contribution in [0.4, 0.5) is 11.4 Å². The number of fused-ring (bicyclic) bond motifs is 4. The molecule has 3 heterocycles. The summed E-state index contributed by atoms with van der Waals surface area (Å²) in [7, 11) is 3.61. The van der Waals surface area contributed by atoms with Crippen molar-refractivity contribution < 1.29 is 9.66 Å². The van der Waals surface area contributed by atoms with Crippen molar-refractivity contribution in [3.05, 3.63) is 34.0 Å². The van der Waals surface area contributed by atoms with Gasteiger partial charge in [-0.15, -0.1) is 0 Å². The van der Waals surface area contributed by atoms with Gasteiger partial charge >= 0.3 is 0 Å². The number of likely N-dealkylation sites (N-methyl/N-ethyl adjacent to an activating group) is 1. The Labute approximate surface area is 120 Å². The maximum Gasteiger partial charge on any atom is 0.293 e. The average Bonchev–Trinajstić information content (AvgIpc) is 2.78. The third-order valence-electron chi connectivity index (χ3n) is 4.28. The van der Waals surface area contributed by atoms with E-state index in [2.05, 4.69) is 10.2 Å². The van der Waals surface area contributed by atoms with Crippen LogP contribution in [0.3, 0.4) is 0 Å². The molecular formula is C13H13N5O3. The first-order valence-electron chi connectivity index (χ1n) is 6.56. The molecule has 2 aliphatic rings. The van der Waals surface area contributed by atoms with Gasteiger partial charge in [0.25, 0.3) is 5.69 Å². The molecule has 8 heteroatoms. The minimum atomic E-state index is -0.456. The Morgan fingerprint density at radius 3 is 2.71 bits per heavy atom. The van der Waals surface area contributed by atoms with Gasteiger partial charge in [0.05, 0.1) is 18.1 Å². The standard InChI is InChI=1S/C13H13N5O3/c1-16-11-8(4-3-5-9(11)18(19)20)10-12(15-17(2)14-10)13(16)6-21-7-13/h3-5H,6-7H2,1-2H3. The number of para-hydroxylation sites is 1. The molecule has 0 bridgehead atoms. The Bertz CT molecular complexity index is 765. The van der Waals surface area contributed by atoms with Gasteiger partial charge in [0.1, 0.15) is 22.6 Å². The number of ether oxygens (including phenoxy) is 1. The summed E-state index contributed by atoms with van der Waals surface area (Å²) < 4.78 is 5.38. The fourth-order valence-electron chi connectivity index (χ4n) is 3.12. The van der Waals surface area contributed by atoms with Crippen LogP contribution in [0.15, 0.2) is 18.2 Å². The van der Waals surface area contributed by atoms with Gasteiger partial charge < -0.3 is 9.64 Å². The highest BCUT2D eigenvalue weighted by Gasteiger charge is 2.53. The fraction of sp³-hybridized carbons (Fsp3) is 0.385. The number of nitrogens with zero attached hydrogens (tertiary/aromatic N) is 5. The lowest BCUT2D eigenvalue weighted by Gasteiger charge is -2.50. The molecule has 21 heavy (non-hydrogen) atoms. The average molecular weight is 287 g/mol. The number of aryl methyl sites for hydroxylation is 1. The lowest BCUT2D eigenvalue weighted by molar-refractivity contribution is -0.384. The molecule has 2 aromatic rings. The second-order valence-corrected chi connectivity index (χ2v) is 5.40. The van der Waals surface area contributed by atoms with Crippen LogP contribution in [0, 0.1) is 10.1 Å². The molecule has 0 saturated carbocycles. The summed E-state index contributed by atoms with van der Waals surface area (Å²) in [5.41, 5.74) is 2.48. The number of anilines is 1. The molecule has 1 aromatic carbocycles. The third-order valence-corrected chi connectivity index (χ3v) is 4.28. The molecule has 0 radical (unpaired) electrons. The van der Waals surface area contributed by atoms with Crippen molar-refractivity contribution in [2.75, 3.05) is 25.2 Å². The largest absolute Gasteiger partial charge is 0.376 e. The molecular weight excluding hydrogens is 274 g/mol. The molecule has 0 N–H and O–H groups in total. The zero-order valence-electron chi connectivity index (χ0n) is 11.6. The molecule has 2 aliphatic heterocycles. The number of nitro groups is 1. The molecule has 1 saturated heterocycles. The van der Waals surface area contributed by atoms with E-state index in [1.165, 1.54) is 10.9 Å². The van der Waals surface area contributed by atoms with Crippen molar-refractivity contribution in [1.82, 2.24) is 15.0 Å². The Hall–Kier alpha value is -2.48. The van der Waals surface area contributed by atoms with Gasteiger partial charge in [0, 0.05) is 25.7 Å². The fourth-order valence-corrected chi connectivity index (χ4v) is 3.12. The quantitative estimate of drug-likeness (QED) is 0.576. The van der Waals surface area contributed by atoms with Gasteiger partial charge in [0.15, 0.2) is 0 Å². The van der Waals surface area contributed by atoms with Gasteiger partial charge in [-0.05, 0) is 0 Å². The monoisotopic (exact) mass is 287 g/mol. The van der Waals surface area contributed by atoms with Crippen LogP contribution in [0.5, 0.6) is 0 Å². The van der Waals surface area contributed by atoms with E-state index >= 15 is 0 Å². The van der Waals surface area contributed by atoms with E-state index in [4.69, 9.17) is 4.74 Å². The van der Waals surface area contributed by atoms with Crippen LogP contribution in [0.1, 0.15) is 5.69 Å². The van der Waals surface area contributed by atoms with Gasteiger partial charge in [0.2, 0.25) is 0 Å². The van der Waals surface area contributed by atoms with Crippen LogP contribution >= 0.6 is 0 Å². The highest BCUT2D eigenvalue weighted by atomic mass is 16.6. The first-order chi connectivity index (χ1) is 10.0. The van der Waals surface area contributed by atoms with Crippen LogP contribution in [0.25, 0.3) is 11.3 Å². The number of aromatic nitrogens is 3. The Morgan fingerprint density at radius 1 is 1.33 bits per heavy atom. The summed E-state index contributed by atoms with van der Waals surface area (Å²) in [5, 5.41) is 20.2. The summed E-state index contributed by atoms with van der Waals surface area (Å²) in [4.78, 5) is 14.4. The lowest BCUT2D eigenvalue weighted by atomic mass is 9.83. The first kappa shape index (κ1) is 12.3. The molecule has 1 fully saturated rings. The minimum absolute atomic E-state index is 0.0811. The van der Waals surface area contributed by atoms with E-state index in [0.29, 0.717) is 24.6 Å². The second kappa shape index (κ2) is 3.79. The Kier molecular flexibility index (Phi) is 2.22. The molecule has 8 nitrogen and oxygen atoms in total. The van der Waals surface area contributed by atoms with Crippen LogP contribution in [-0.2, 0) is 17.3 Å². The normalized spacial score (nSPS) is 18.1. The molecule has 4 rings (SSSR count). The topological polar surface area (TPSA) is 86.3 Å². The van der Waals surface area contributed by atoms with Gasteiger partial charge in [-0.2, -0.15) is 15.0 Å². The van der Waals surface area contributed by atoms with Crippen LogP contribution < -0.4 is 4.90 Å². The summed E-state index contributed by atoms with van der Waals surface area (Å²) in [6, 6.07) is 5.04. The SMILES string of the molecule is CN1c2c(cccc2[N+](=O)[O-])-c2nn(C)nc2C12COC2. The number of hydrogen-bond acceptors (Lipinski definition) is 6. The predicted octanol–water partition coefficient (Wildman–Crippen LogP) is 1.07. The molecule has 0 amide bonds. The smallest absolute Gasteiger partial charge is 0.293 e. The van der Waals surface area contributed by atoms with Crippen molar-refractivity contribution in [3.63, 3.8) is 0 Å². The predicted molar refractivity (Wildman–Crippen MR) is 74.0 cm³/mol. The number of nitro benzene ring substituents is 1. The second-order valence-electron chi connectivity index (χ2n) is 5.40. The highest BCUT2D eigenvalue weighted by Crippen LogP contribution is 2.51. The van der Waals surface area contributed by atoms with E-state index in [-0.39, 0.29) is 10.6 Å². The van der Waals surface area contributed by atoms with Gasteiger partial charge in [-0.1, -0.05) is 12.1 Å². The zero-order chi connectivity index (χ0) is 14.8. The maximum absolute atomic E-state index is 11.4. The summed E-state index contributed by atoms with van der Waals surface area (Å²) >= 11 is 0. The van der Waals surface area contributed by atoms with Crippen LogP contribution in [0.2, 0.25) is 0 Å². The van der Waals surface area contributed by atoms with Crippen molar-refractivity contribution in [2.45, 2.75) is 5.54 Å². The van der Waals surface area contributed by atoms with E-state index in [9.17, 15) is 10.1 Å². The van der Waals surface area contributed by atoms with E-state index in [0.717, 1.165) is 11.3 Å². The zero-order valence-corrected chi connectivity index (χ0v) is 11.6. The number of hydrogen-bond donors (Lipinski definition) is 0. The summed E-state index contributed by atoms with van der Waals surface area (Å²) in [6.07, 6.45) is 0. The minimum Gasteiger partial charge on any atom is -0.376 e. The van der Waals surface area contributed by atoms with Crippen molar-refractivity contribution in [1.29, 1.82) is 0 Å². The van der Waals surface area contributed by atoms with Gasteiger partial charge in [-0.25, -0.2) is 0 Å². The molecule has 108 valence electrons. The Balaban J connectivity index is 2.07. The van der Waals surface area contributed by atoms with E-state index in [1.807, 2.05) is 18.0 Å².